The molecule has 0 aliphatic heterocycles. The van der Waals surface area contributed by atoms with Gasteiger partial charge in [-0.1, -0.05) is 48.5 Å². The van der Waals surface area contributed by atoms with Crippen LogP contribution < -0.4 is 5.32 Å². The molecule has 5 rings (SSSR count). The number of hydrogen-bond donors (Lipinski definition) is 1. The Balaban J connectivity index is 1.37. The zero-order valence-corrected chi connectivity index (χ0v) is 21.0. The second kappa shape index (κ2) is 9.69. The molecule has 0 fully saturated rings. The van der Waals surface area contributed by atoms with Crippen LogP contribution in [0.15, 0.2) is 66.7 Å². The van der Waals surface area contributed by atoms with Gasteiger partial charge in [0.25, 0.3) is 5.91 Å². The van der Waals surface area contributed by atoms with Crippen molar-refractivity contribution in [1.29, 1.82) is 0 Å². The molecule has 9 nitrogen and oxygen atoms in total. The number of rotatable bonds is 6. The maximum absolute atomic E-state index is 13.2. The molecule has 0 bridgehead atoms. The monoisotopic (exact) mass is 494 g/mol. The van der Waals surface area contributed by atoms with Gasteiger partial charge in [-0.25, -0.2) is 14.5 Å². The Hall–Kier alpha value is -4.79. The number of carbonyl (C=O) groups is 2. The normalized spacial score (nSPS) is 11.0. The van der Waals surface area contributed by atoms with Crippen LogP contribution in [0.4, 0.5) is 5.69 Å². The molecular weight excluding hydrogens is 468 g/mol. The number of aryl methyl sites for hydroxylation is 3. The Bertz CT molecular complexity index is 1620. The molecule has 3 aromatic heterocycles. The highest BCUT2D eigenvalue weighted by molar-refractivity contribution is 6.06. The summed E-state index contributed by atoms with van der Waals surface area (Å²) in [7, 11) is 1.78. The van der Waals surface area contributed by atoms with Crippen LogP contribution in [0.25, 0.3) is 28.0 Å². The van der Waals surface area contributed by atoms with E-state index in [1.807, 2.05) is 81.4 Å². The standard InChI is InChI=1S/C28H26N6O3/c1-17-25-22(15-23(20-11-7-5-8-12-20)29-27(25)33(4)31-17)28(36)37-16-24(35)30-26-18(2)32-34(19(26)3)21-13-9-6-10-14-21/h5-15H,16H2,1-4H3,(H,30,35). The van der Waals surface area contributed by atoms with E-state index in [2.05, 4.69) is 15.5 Å². The highest BCUT2D eigenvalue weighted by Crippen LogP contribution is 2.27. The first kappa shape index (κ1) is 23.9. The number of fused-ring (bicyclic) bond motifs is 1. The van der Waals surface area contributed by atoms with Crippen molar-refractivity contribution in [1.82, 2.24) is 24.5 Å². The summed E-state index contributed by atoms with van der Waals surface area (Å²) < 4.78 is 8.85. The highest BCUT2D eigenvalue weighted by atomic mass is 16.5. The Morgan fingerprint density at radius 3 is 2.30 bits per heavy atom. The molecule has 0 aliphatic rings. The van der Waals surface area contributed by atoms with Crippen molar-refractivity contribution in [3.63, 3.8) is 0 Å². The first-order valence-corrected chi connectivity index (χ1v) is 11.8. The summed E-state index contributed by atoms with van der Waals surface area (Å²) in [6.07, 6.45) is 0. The van der Waals surface area contributed by atoms with E-state index >= 15 is 0 Å². The predicted molar refractivity (Wildman–Crippen MR) is 141 cm³/mol. The number of aromatic nitrogens is 5. The Kier molecular flexibility index (Phi) is 6.27. The summed E-state index contributed by atoms with van der Waals surface area (Å²) in [6, 6.07) is 20.9. The summed E-state index contributed by atoms with van der Waals surface area (Å²) in [4.78, 5) is 30.7. The minimum Gasteiger partial charge on any atom is -0.452 e. The molecule has 5 aromatic rings. The Morgan fingerprint density at radius 2 is 1.59 bits per heavy atom. The smallest absolute Gasteiger partial charge is 0.339 e. The molecule has 0 saturated heterocycles. The van der Waals surface area contributed by atoms with Gasteiger partial charge in [0, 0.05) is 12.6 Å². The van der Waals surface area contributed by atoms with E-state index < -0.39 is 18.5 Å². The third kappa shape index (κ3) is 4.58. The second-order valence-electron chi connectivity index (χ2n) is 8.75. The van der Waals surface area contributed by atoms with E-state index in [0.29, 0.717) is 39.4 Å². The Labute approximate surface area is 213 Å². The second-order valence-corrected chi connectivity index (χ2v) is 8.75. The van der Waals surface area contributed by atoms with Crippen LogP contribution >= 0.6 is 0 Å². The Morgan fingerprint density at radius 1 is 0.919 bits per heavy atom. The molecule has 37 heavy (non-hydrogen) atoms. The molecule has 2 aromatic carbocycles. The number of anilines is 1. The molecular formula is C28H26N6O3. The van der Waals surface area contributed by atoms with Gasteiger partial charge in [-0.05, 0) is 39.0 Å². The van der Waals surface area contributed by atoms with Gasteiger partial charge in [0.2, 0.25) is 0 Å². The molecule has 0 saturated carbocycles. The topological polar surface area (TPSA) is 104 Å². The summed E-state index contributed by atoms with van der Waals surface area (Å²) in [5, 5.41) is 12.4. The lowest BCUT2D eigenvalue weighted by atomic mass is 10.1. The third-order valence-corrected chi connectivity index (χ3v) is 6.15. The molecule has 1 N–H and O–H groups in total. The molecule has 0 radical (unpaired) electrons. The maximum atomic E-state index is 13.2. The van der Waals surface area contributed by atoms with Crippen molar-refractivity contribution in [3.8, 4) is 16.9 Å². The molecule has 0 spiro atoms. The lowest BCUT2D eigenvalue weighted by molar-refractivity contribution is -0.119. The number of carbonyl (C=O) groups excluding carboxylic acids is 2. The summed E-state index contributed by atoms with van der Waals surface area (Å²) >= 11 is 0. The SMILES string of the molecule is Cc1nn(-c2ccccc2)c(C)c1NC(=O)COC(=O)c1cc(-c2ccccc2)nc2c1c(C)nn2C. The van der Waals surface area contributed by atoms with Gasteiger partial charge >= 0.3 is 5.97 Å². The van der Waals surface area contributed by atoms with Crippen LogP contribution in [0.3, 0.4) is 0 Å². The lowest BCUT2D eigenvalue weighted by Crippen LogP contribution is -2.21. The number of pyridine rings is 1. The minimum absolute atomic E-state index is 0.312. The van der Waals surface area contributed by atoms with E-state index in [4.69, 9.17) is 9.72 Å². The van der Waals surface area contributed by atoms with Crippen molar-refractivity contribution < 1.29 is 14.3 Å². The summed E-state index contributed by atoms with van der Waals surface area (Å²) in [6.45, 7) is 5.06. The largest absolute Gasteiger partial charge is 0.452 e. The van der Waals surface area contributed by atoms with Gasteiger partial charge < -0.3 is 10.1 Å². The van der Waals surface area contributed by atoms with Gasteiger partial charge in [-0.15, -0.1) is 0 Å². The quantitative estimate of drug-likeness (QED) is 0.348. The van der Waals surface area contributed by atoms with Gasteiger partial charge in [0.05, 0.1) is 45.1 Å². The summed E-state index contributed by atoms with van der Waals surface area (Å²) in [5.74, 6) is -1.08. The molecule has 1 amide bonds. The van der Waals surface area contributed by atoms with Crippen LogP contribution in [0.2, 0.25) is 0 Å². The van der Waals surface area contributed by atoms with Crippen molar-refractivity contribution >= 4 is 28.6 Å². The van der Waals surface area contributed by atoms with Crippen LogP contribution in [-0.2, 0) is 16.6 Å². The fraction of sp³-hybridized carbons (Fsp3) is 0.179. The lowest BCUT2D eigenvalue weighted by Gasteiger charge is -2.10. The first-order valence-electron chi connectivity index (χ1n) is 11.8. The van der Waals surface area contributed by atoms with Gasteiger partial charge in [-0.2, -0.15) is 10.2 Å². The van der Waals surface area contributed by atoms with Crippen LogP contribution in [0.1, 0.15) is 27.4 Å². The van der Waals surface area contributed by atoms with Crippen LogP contribution in [0, 0.1) is 20.8 Å². The molecule has 0 unspecified atom stereocenters. The van der Waals surface area contributed by atoms with Crippen LogP contribution in [0.5, 0.6) is 0 Å². The van der Waals surface area contributed by atoms with Crippen molar-refractivity contribution in [2.75, 3.05) is 11.9 Å². The predicted octanol–water partition coefficient (Wildman–Crippen LogP) is 4.54. The van der Waals surface area contributed by atoms with Crippen molar-refractivity contribution in [3.05, 3.63) is 89.4 Å². The number of hydrogen-bond acceptors (Lipinski definition) is 6. The number of amides is 1. The minimum atomic E-state index is -0.621. The number of para-hydroxylation sites is 1. The van der Waals surface area contributed by atoms with E-state index in [0.717, 1.165) is 16.9 Å². The van der Waals surface area contributed by atoms with Crippen molar-refractivity contribution in [2.45, 2.75) is 20.8 Å². The molecule has 0 atom stereocenters. The number of ether oxygens (including phenoxy) is 1. The average molecular weight is 495 g/mol. The number of benzene rings is 2. The van der Waals surface area contributed by atoms with E-state index in [1.165, 1.54) is 0 Å². The van der Waals surface area contributed by atoms with E-state index in [-0.39, 0.29) is 0 Å². The fourth-order valence-corrected chi connectivity index (χ4v) is 4.39. The van der Waals surface area contributed by atoms with Crippen molar-refractivity contribution in [2.24, 2.45) is 7.05 Å². The molecule has 0 aliphatic carbocycles. The number of nitrogens with one attached hydrogen (secondary N) is 1. The third-order valence-electron chi connectivity index (χ3n) is 6.15. The number of esters is 1. The summed E-state index contributed by atoms with van der Waals surface area (Å²) in [5.41, 5.74) is 5.92. The zero-order chi connectivity index (χ0) is 26.1. The molecule has 9 heteroatoms. The molecule has 3 heterocycles. The highest BCUT2D eigenvalue weighted by Gasteiger charge is 2.22. The van der Waals surface area contributed by atoms with Gasteiger partial charge in [-0.3, -0.25) is 9.48 Å². The maximum Gasteiger partial charge on any atom is 0.339 e. The fourth-order valence-electron chi connectivity index (χ4n) is 4.39. The van der Waals surface area contributed by atoms with Crippen LogP contribution in [-0.4, -0.2) is 43.0 Å². The van der Waals surface area contributed by atoms with E-state index in [9.17, 15) is 9.59 Å². The first-order chi connectivity index (χ1) is 17.8. The zero-order valence-electron chi connectivity index (χ0n) is 21.0. The van der Waals surface area contributed by atoms with Gasteiger partial charge in [0.15, 0.2) is 12.3 Å². The van der Waals surface area contributed by atoms with E-state index in [1.54, 1.807) is 22.5 Å². The number of nitrogens with zero attached hydrogens (tertiary/aromatic N) is 5. The molecule has 186 valence electrons. The van der Waals surface area contributed by atoms with Gasteiger partial charge in [0.1, 0.15) is 0 Å². The average Bonchev–Trinajstić information content (AvgIpc) is 3.37.